The summed E-state index contributed by atoms with van der Waals surface area (Å²) in [4.78, 5) is 4.35. The first-order chi connectivity index (χ1) is 10.1. The third kappa shape index (κ3) is 2.03. The summed E-state index contributed by atoms with van der Waals surface area (Å²) >= 11 is 0. The minimum absolute atomic E-state index is 0.108. The predicted molar refractivity (Wildman–Crippen MR) is 83.1 cm³/mol. The van der Waals surface area contributed by atoms with E-state index in [-0.39, 0.29) is 5.84 Å². The molecule has 2 aromatic carbocycles. The number of nitrogens with two attached hydrogens (primary N) is 1. The SMILES string of the molecule is Cc1ncn(-c2ccc(/C(N)=N/O)c3ccccc23)c1C. The maximum Gasteiger partial charge on any atom is 0.170 e. The number of oxime groups is 1. The average Bonchev–Trinajstić information content (AvgIpc) is 2.85. The van der Waals surface area contributed by atoms with E-state index < -0.39 is 0 Å². The smallest absolute Gasteiger partial charge is 0.170 e. The summed E-state index contributed by atoms with van der Waals surface area (Å²) < 4.78 is 2.05. The number of imidazole rings is 1. The van der Waals surface area contributed by atoms with E-state index in [4.69, 9.17) is 10.9 Å². The van der Waals surface area contributed by atoms with Gasteiger partial charge in [0.2, 0.25) is 0 Å². The molecule has 1 heterocycles. The van der Waals surface area contributed by atoms with Gasteiger partial charge in [-0.15, -0.1) is 0 Å². The highest BCUT2D eigenvalue weighted by atomic mass is 16.4. The van der Waals surface area contributed by atoms with Crippen LogP contribution in [0.1, 0.15) is 17.0 Å². The number of amidine groups is 1. The number of nitrogens with zero attached hydrogens (tertiary/aromatic N) is 3. The van der Waals surface area contributed by atoms with Crippen LogP contribution in [-0.4, -0.2) is 20.6 Å². The molecule has 1 aromatic heterocycles. The van der Waals surface area contributed by atoms with Crippen molar-refractivity contribution in [2.75, 3.05) is 0 Å². The summed E-state index contributed by atoms with van der Waals surface area (Å²) in [7, 11) is 0. The quantitative estimate of drug-likeness (QED) is 0.328. The van der Waals surface area contributed by atoms with Gasteiger partial charge >= 0.3 is 0 Å². The van der Waals surface area contributed by atoms with Crippen molar-refractivity contribution in [1.82, 2.24) is 9.55 Å². The van der Waals surface area contributed by atoms with E-state index in [0.717, 1.165) is 27.8 Å². The molecular weight excluding hydrogens is 264 g/mol. The lowest BCUT2D eigenvalue weighted by Crippen LogP contribution is -2.14. The second-order valence-corrected chi connectivity index (χ2v) is 4.95. The van der Waals surface area contributed by atoms with Gasteiger partial charge in [0.05, 0.1) is 17.7 Å². The second kappa shape index (κ2) is 4.94. The van der Waals surface area contributed by atoms with Gasteiger partial charge in [-0.25, -0.2) is 4.98 Å². The topological polar surface area (TPSA) is 76.4 Å². The van der Waals surface area contributed by atoms with Gasteiger partial charge in [0.1, 0.15) is 0 Å². The first-order valence-electron chi connectivity index (χ1n) is 6.64. The van der Waals surface area contributed by atoms with Gasteiger partial charge in [-0.05, 0) is 31.4 Å². The molecule has 0 atom stereocenters. The van der Waals surface area contributed by atoms with Crippen LogP contribution in [0, 0.1) is 13.8 Å². The number of rotatable bonds is 2. The van der Waals surface area contributed by atoms with Gasteiger partial charge in [-0.3, -0.25) is 0 Å². The number of fused-ring (bicyclic) bond motifs is 1. The van der Waals surface area contributed by atoms with Gasteiger partial charge < -0.3 is 15.5 Å². The maximum absolute atomic E-state index is 8.93. The van der Waals surface area contributed by atoms with Crippen molar-refractivity contribution < 1.29 is 5.21 Å². The average molecular weight is 280 g/mol. The molecule has 0 radical (unpaired) electrons. The first kappa shape index (κ1) is 13.2. The fourth-order valence-corrected chi connectivity index (χ4v) is 2.51. The van der Waals surface area contributed by atoms with Crippen LogP contribution >= 0.6 is 0 Å². The first-order valence-corrected chi connectivity index (χ1v) is 6.64. The van der Waals surface area contributed by atoms with Crippen LogP contribution in [0.25, 0.3) is 16.5 Å². The Kier molecular flexibility index (Phi) is 3.10. The van der Waals surface area contributed by atoms with Crippen LogP contribution in [0.15, 0.2) is 47.9 Å². The zero-order valence-corrected chi connectivity index (χ0v) is 11.9. The Bertz CT molecular complexity index is 849. The molecule has 3 aromatic rings. The molecule has 106 valence electrons. The Morgan fingerprint density at radius 3 is 2.48 bits per heavy atom. The molecule has 0 aliphatic rings. The summed E-state index contributed by atoms with van der Waals surface area (Å²) in [6.45, 7) is 4.02. The fourth-order valence-electron chi connectivity index (χ4n) is 2.51. The van der Waals surface area contributed by atoms with Crippen LogP contribution in [-0.2, 0) is 0 Å². The third-order valence-corrected chi connectivity index (χ3v) is 3.80. The molecule has 0 fully saturated rings. The molecule has 0 spiro atoms. The summed E-state index contributed by atoms with van der Waals surface area (Å²) in [5.74, 6) is 0.108. The summed E-state index contributed by atoms with van der Waals surface area (Å²) in [5.41, 5.74) is 9.60. The van der Waals surface area contributed by atoms with Crippen molar-refractivity contribution in [3.05, 3.63) is 59.7 Å². The zero-order valence-electron chi connectivity index (χ0n) is 11.9. The standard InChI is InChI=1S/C16H16N4O/c1-10-11(2)20(9-18-10)15-8-7-14(16(17)19-21)12-5-3-4-6-13(12)15/h3-9,21H,1-2H3,(H2,17,19). The Balaban J connectivity index is 2.35. The normalized spacial score (nSPS) is 12.0. The summed E-state index contributed by atoms with van der Waals surface area (Å²) in [5, 5.41) is 14.0. The molecule has 0 aliphatic heterocycles. The Morgan fingerprint density at radius 2 is 1.86 bits per heavy atom. The van der Waals surface area contributed by atoms with Crippen molar-refractivity contribution in [2.45, 2.75) is 13.8 Å². The van der Waals surface area contributed by atoms with Crippen LogP contribution in [0.4, 0.5) is 0 Å². The highest BCUT2D eigenvalue weighted by molar-refractivity contribution is 6.10. The second-order valence-electron chi connectivity index (χ2n) is 4.95. The highest BCUT2D eigenvalue weighted by Gasteiger charge is 2.12. The molecule has 0 unspecified atom stereocenters. The van der Waals surface area contributed by atoms with Gasteiger partial charge in [0.15, 0.2) is 5.84 Å². The largest absolute Gasteiger partial charge is 0.409 e. The lowest BCUT2D eigenvalue weighted by molar-refractivity contribution is 0.318. The third-order valence-electron chi connectivity index (χ3n) is 3.80. The number of aromatic nitrogens is 2. The fraction of sp³-hybridized carbons (Fsp3) is 0.125. The lowest BCUT2D eigenvalue weighted by Gasteiger charge is -2.12. The summed E-state index contributed by atoms with van der Waals surface area (Å²) in [6.07, 6.45) is 1.82. The minimum atomic E-state index is 0.108. The van der Waals surface area contributed by atoms with Crippen molar-refractivity contribution in [3.63, 3.8) is 0 Å². The van der Waals surface area contributed by atoms with Crippen LogP contribution in [0.2, 0.25) is 0 Å². The van der Waals surface area contributed by atoms with Crippen molar-refractivity contribution in [1.29, 1.82) is 0 Å². The molecule has 5 heteroatoms. The Hall–Kier alpha value is -2.82. The minimum Gasteiger partial charge on any atom is -0.409 e. The van der Waals surface area contributed by atoms with E-state index in [1.165, 1.54) is 0 Å². The molecule has 3 rings (SSSR count). The van der Waals surface area contributed by atoms with Gasteiger partial charge in [0.25, 0.3) is 0 Å². The molecule has 0 bridgehead atoms. The van der Waals surface area contributed by atoms with E-state index in [1.54, 1.807) is 0 Å². The number of benzene rings is 2. The molecule has 0 saturated heterocycles. The molecule has 0 aliphatic carbocycles. The van der Waals surface area contributed by atoms with E-state index in [1.807, 2.05) is 61.1 Å². The van der Waals surface area contributed by atoms with Gasteiger partial charge in [-0.2, -0.15) is 0 Å². The lowest BCUT2D eigenvalue weighted by atomic mass is 10.0. The zero-order chi connectivity index (χ0) is 15.0. The van der Waals surface area contributed by atoms with E-state index >= 15 is 0 Å². The van der Waals surface area contributed by atoms with E-state index in [2.05, 4.69) is 10.1 Å². The maximum atomic E-state index is 8.93. The van der Waals surface area contributed by atoms with Crippen molar-refractivity contribution in [3.8, 4) is 5.69 Å². The van der Waals surface area contributed by atoms with Crippen LogP contribution in [0.5, 0.6) is 0 Å². The molecule has 0 saturated carbocycles. The molecule has 3 N–H and O–H groups in total. The Labute approximate surface area is 122 Å². The van der Waals surface area contributed by atoms with Crippen molar-refractivity contribution >= 4 is 16.6 Å². The highest BCUT2D eigenvalue weighted by Crippen LogP contribution is 2.27. The summed E-state index contributed by atoms with van der Waals surface area (Å²) in [6, 6.07) is 11.7. The van der Waals surface area contributed by atoms with E-state index in [0.29, 0.717) is 5.56 Å². The van der Waals surface area contributed by atoms with E-state index in [9.17, 15) is 0 Å². The number of hydrogen-bond donors (Lipinski definition) is 2. The molecule has 0 amide bonds. The van der Waals surface area contributed by atoms with Gasteiger partial charge in [0, 0.05) is 16.6 Å². The molecule has 21 heavy (non-hydrogen) atoms. The molecular formula is C16H16N4O. The Morgan fingerprint density at radius 1 is 1.14 bits per heavy atom. The number of hydrogen-bond acceptors (Lipinski definition) is 3. The monoisotopic (exact) mass is 280 g/mol. The molecule has 5 nitrogen and oxygen atoms in total. The van der Waals surface area contributed by atoms with Gasteiger partial charge in [-0.1, -0.05) is 29.4 Å². The predicted octanol–water partition coefficient (Wildman–Crippen LogP) is 2.74. The number of aryl methyl sites for hydroxylation is 1. The van der Waals surface area contributed by atoms with Crippen molar-refractivity contribution in [2.24, 2.45) is 10.9 Å². The van der Waals surface area contributed by atoms with Crippen LogP contribution in [0.3, 0.4) is 0 Å². The van der Waals surface area contributed by atoms with Crippen LogP contribution < -0.4 is 5.73 Å².